The molecule has 9 heteroatoms. The van der Waals surface area contributed by atoms with Crippen molar-refractivity contribution in [2.24, 2.45) is 5.73 Å². The molecule has 4 aromatic rings. The molecule has 2 amide bonds. The molecule has 1 unspecified atom stereocenters. The number of nitrogens with two attached hydrogens (primary N) is 1. The lowest BCUT2D eigenvalue weighted by Crippen LogP contribution is -2.34. The molecule has 0 aliphatic carbocycles. The molecule has 216 valence electrons. The van der Waals surface area contributed by atoms with E-state index in [4.69, 9.17) is 5.73 Å². The van der Waals surface area contributed by atoms with Crippen LogP contribution in [-0.4, -0.2) is 57.6 Å². The minimum absolute atomic E-state index is 0.0239. The second-order valence-electron chi connectivity index (χ2n) is 11.2. The summed E-state index contributed by atoms with van der Waals surface area (Å²) in [6.07, 6.45) is 4.13. The molecule has 3 heterocycles. The highest BCUT2D eigenvalue weighted by atomic mass is 19.1. The lowest BCUT2D eigenvalue weighted by Gasteiger charge is -2.33. The van der Waals surface area contributed by atoms with Crippen molar-refractivity contribution in [3.05, 3.63) is 119 Å². The van der Waals surface area contributed by atoms with E-state index in [0.29, 0.717) is 36.8 Å². The Labute approximate surface area is 243 Å². The summed E-state index contributed by atoms with van der Waals surface area (Å²) in [4.78, 5) is 29.5. The number of halogens is 2. The van der Waals surface area contributed by atoms with Gasteiger partial charge in [-0.25, -0.2) is 13.5 Å². The Bertz CT molecular complexity index is 1580. The molecule has 0 saturated carbocycles. The van der Waals surface area contributed by atoms with Crippen LogP contribution in [0, 0.1) is 11.6 Å². The van der Waals surface area contributed by atoms with Crippen LogP contribution < -0.4 is 5.73 Å². The molecule has 2 aliphatic heterocycles. The monoisotopic (exact) mass is 569 g/mol. The first-order valence-corrected chi connectivity index (χ1v) is 14.4. The molecule has 2 fully saturated rings. The first kappa shape index (κ1) is 27.8. The van der Waals surface area contributed by atoms with E-state index >= 15 is 0 Å². The smallest absolute Gasteiger partial charge is 0.257 e. The van der Waals surface area contributed by atoms with Crippen LogP contribution in [0.3, 0.4) is 0 Å². The van der Waals surface area contributed by atoms with Gasteiger partial charge in [-0.1, -0.05) is 36.4 Å². The zero-order valence-corrected chi connectivity index (χ0v) is 23.3. The van der Waals surface area contributed by atoms with E-state index in [1.165, 1.54) is 29.8 Å². The van der Waals surface area contributed by atoms with E-state index in [0.717, 1.165) is 43.6 Å². The Morgan fingerprint density at radius 1 is 0.857 bits per heavy atom. The number of aromatic nitrogens is 2. The van der Waals surface area contributed by atoms with Gasteiger partial charge in [-0.05, 0) is 79.9 Å². The molecule has 7 nitrogen and oxygen atoms in total. The summed E-state index contributed by atoms with van der Waals surface area (Å²) in [5.41, 5.74) is 9.29. The molecular weight excluding hydrogens is 536 g/mol. The number of benzene rings is 3. The molecular formula is C33H33F2N5O2. The number of carbonyl (C=O) groups is 2. The molecule has 0 radical (unpaired) electrons. The van der Waals surface area contributed by atoms with Crippen molar-refractivity contribution in [3.8, 4) is 5.69 Å². The largest absolute Gasteiger partial charge is 0.366 e. The van der Waals surface area contributed by atoms with Gasteiger partial charge >= 0.3 is 0 Å². The number of hydrogen-bond acceptors (Lipinski definition) is 4. The second kappa shape index (κ2) is 11.9. The quantitative estimate of drug-likeness (QED) is 0.329. The minimum Gasteiger partial charge on any atom is -0.366 e. The van der Waals surface area contributed by atoms with E-state index in [9.17, 15) is 18.4 Å². The van der Waals surface area contributed by atoms with Gasteiger partial charge in [-0.3, -0.25) is 14.5 Å². The molecule has 2 saturated heterocycles. The van der Waals surface area contributed by atoms with Crippen LogP contribution >= 0.6 is 0 Å². The molecule has 42 heavy (non-hydrogen) atoms. The number of primary amides is 1. The average Bonchev–Trinajstić information content (AvgIpc) is 3.67. The Morgan fingerprint density at radius 2 is 1.57 bits per heavy atom. The standard InChI is InChI=1S/C33H33F2N5O2/c34-26-7-9-27(10-8-26)40-31(24-12-15-38(16-13-24)20-22-6-11-28(32(36)41)30(35)18-22)29(19-37-40)33(42)39-17-14-25(21-39)23-4-2-1-3-5-23/h1-11,18-19,24-25H,12-17,20-21H2,(H2,36,41). The van der Waals surface area contributed by atoms with Crippen LogP contribution in [-0.2, 0) is 6.54 Å². The van der Waals surface area contributed by atoms with Gasteiger partial charge < -0.3 is 10.6 Å². The van der Waals surface area contributed by atoms with Crippen molar-refractivity contribution in [1.29, 1.82) is 0 Å². The summed E-state index contributed by atoms with van der Waals surface area (Å²) in [5.74, 6) is -1.39. The average molecular weight is 570 g/mol. The van der Waals surface area contributed by atoms with Gasteiger partial charge in [0, 0.05) is 31.5 Å². The molecule has 6 rings (SSSR count). The summed E-state index contributed by atoms with van der Waals surface area (Å²) < 4.78 is 29.8. The van der Waals surface area contributed by atoms with Crippen LogP contribution in [0.25, 0.3) is 5.69 Å². The predicted octanol–water partition coefficient (Wildman–Crippen LogP) is 5.26. The van der Waals surface area contributed by atoms with Crippen LogP contribution in [0.5, 0.6) is 0 Å². The number of nitrogens with zero attached hydrogens (tertiary/aromatic N) is 4. The van der Waals surface area contributed by atoms with Gasteiger partial charge in [-0.2, -0.15) is 5.10 Å². The summed E-state index contributed by atoms with van der Waals surface area (Å²) in [6.45, 7) is 3.37. The Morgan fingerprint density at radius 3 is 2.26 bits per heavy atom. The van der Waals surface area contributed by atoms with E-state index in [1.807, 2.05) is 23.1 Å². The second-order valence-corrected chi connectivity index (χ2v) is 11.2. The first-order chi connectivity index (χ1) is 20.4. The van der Waals surface area contributed by atoms with Crippen molar-refractivity contribution in [3.63, 3.8) is 0 Å². The highest BCUT2D eigenvalue weighted by molar-refractivity contribution is 5.96. The predicted molar refractivity (Wildman–Crippen MR) is 155 cm³/mol. The number of likely N-dealkylation sites (tertiary alicyclic amines) is 2. The first-order valence-electron chi connectivity index (χ1n) is 14.4. The van der Waals surface area contributed by atoms with E-state index < -0.39 is 11.7 Å². The highest BCUT2D eigenvalue weighted by Crippen LogP contribution is 2.35. The van der Waals surface area contributed by atoms with Gasteiger partial charge in [0.1, 0.15) is 11.6 Å². The van der Waals surface area contributed by atoms with Gasteiger partial charge in [0.2, 0.25) is 0 Å². The molecule has 1 aromatic heterocycles. The third kappa shape index (κ3) is 5.69. The fourth-order valence-electron chi connectivity index (χ4n) is 6.30. The normalized spacial score (nSPS) is 18.0. The summed E-state index contributed by atoms with van der Waals surface area (Å²) in [6, 6.07) is 21.0. The van der Waals surface area contributed by atoms with E-state index in [2.05, 4.69) is 22.1 Å². The molecule has 2 N–H and O–H groups in total. The summed E-state index contributed by atoms with van der Waals surface area (Å²) >= 11 is 0. The van der Waals surface area contributed by atoms with Crippen molar-refractivity contribution in [1.82, 2.24) is 19.6 Å². The number of rotatable bonds is 7. The lowest BCUT2D eigenvalue weighted by atomic mass is 9.90. The van der Waals surface area contributed by atoms with Gasteiger partial charge in [0.05, 0.1) is 28.7 Å². The molecule has 0 spiro atoms. The molecule has 1 atom stereocenters. The van der Waals surface area contributed by atoms with Crippen molar-refractivity contribution in [2.45, 2.75) is 37.6 Å². The number of carbonyl (C=O) groups excluding carboxylic acids is 2. The Kier molecular flexibility index (Phi) is 7.84. The molecule has 3 aromatic carbocycles. The van der Waals surface area contributed by atoms with E-state index in [-0.39, 0.29) is 23.2 Å². The van der Waals surface area contributed by atoms with Gasteiger partial charge in [0.25, 0.3) is 11.8 Å². The van der Waals surface area contributed by atoms with Crippen molar-refractivity contribution < 1.29 is 18.4 Å². The lowest BCUT2D eigenvalue weighted by molar-refractivity contribution is 0.0787. The minimum atomic E-state index is -0.785. The van der Waals surface area contributed by atoms with E-state index in [1.54, 1.807) is 29.1 Å². The van der Waals surface area contributed by atoms with Crippen LogP contribution in [0.15, 0.2) is 79.0 Å². The molecule has 0 bridgehead atoms. The highest BCUT2D eigenvalue weighted by Gasteiger charge is 2.34. The maximum Gasteiger partial charge on any atom is 0.257 e. The summed E-state index contributed by atoms with van der Waals surface area (Å²) in [5, 5.41) is 4.63. The summed E-state index contributed by atoms with van der Waals surface area (Å²) in [7, 11) is 0. The Hall–Kier alpha value is -4.37. The van der Waals surface area contributed by atoms with Gasteiger partial charge in [-0.15, -0.1) is 0 Å². The molecule has 2 aliphatic rings. The number of amides is 2. The maximum absolute atomic E-state index is 14.3. The van der Waals surface area contributed by atoms with Crippen molar-refractivity contribution >= 4 is 11.8 Å². The van der Waals surface area contributed by atoms with Crippen LogP contribution in [0.4, 0.5) is 8.78 Å². The zero-order valence-electron chi connectivity index (χ0n) is 23.3. The maximum atomic E-state index is 14.3. The van der Waals surface area contributed by atoms with Crippen LogP contribution in [0.2, 0.25) is 0 Å². The fourth-order valence-corrected chi connectivity index (χ4v) is 6.30. The topological polar surface area (TPSA) is 84.5 Å². The van der Waals surface area contributed by atoms with Crippen molar-refractivity contribution in [2.75, 3.05) is 26.2 Å². The number of hydrogen-bond donors (Lipinski definition) is 1. The van der Waals surface area contributed by atoms with Crippen LogP contribution in [0.1, 0.15) is 68.6 Å². The zero-order chi connectivity index (χ0) is 29.2. The van der Waals surface area contributed by atoms with Gasteiger partial charge in [0.15, 0.2) is 0 Å². The Balaban J connectivity index is 1.21. The fraction of sp³-hybridized carbons (Fsp3) is 0.303. The third-order valence-electron chi connectivity index (χ3n) is 8.53. The SMILES string of the molecule is NC(=O)c1ccc(CN2CCC(c3c(C(=O)N4CCC(c5ccccc5)C4)cnn3-c3ccc(F)cc3)CC2)cc1F. The third-order valence-corrected chi connectivity index (χ3v) is 8.53. The number of piperidine rings is 1.